The van der Waals surface area contributed by atoms with Crippen LogP contribution in [0.1, 0.15) is 17.7 Å². The van der Waals surface area contributed by atoms with Crippen LogP contribution in [0, 0.1) is 6.92 Å². The van der Waals surface area contributed by atoms with Crippen molar-refractivity contribution >= 4 is 5.65 Å². The zero-order valence-corrected chi connectivity index (χ0v) is 10.6. The molecule has 0 saturated heterocycles. The number of nitrogens with zero attached hydrogens (tertiary/aromatic N) is 3. The van der Waals surface area contributed by atoms with Crippen LogP contribution in [0.25, 0.3) is 5.65 Å². The maximum atomic E-state index is 5.04. The average Bonchev–Trinajstić information content (AvgIpc) is 2.73. The van der Waals surface area contributed by atoms with Gasteiger partial charge in [-0.3, -0.25) is 0 Å². The van der Waals surface area contributed by atoms with Crippen LogP contribution in [0.2, 0.25) is 0 Å². The van der Waals surface area contributed by atoms with Crippen molar-refractivity contribution in [2.75, 3.05) is 13.2 Å². The summed E-state index contributed by atoms with van der Waals surface area (Å²) in [4.78, 5) is 4.35. The summed E-state index contributed by atoms with van der Waals surface area (Å²) < 4.78 is 6.86. The van der Waals surface area contributed by atoms with Gasteiger partial charge in [0.15, 0.2) is 5.65 Å². The molecule has 0 aliphatic heterocycles. The summed E-state index contributed by atoms with van der Waals surface area (Å²) in [7, 11) is 0. The molecule has 0 aromatic carbocycles. The predicted molar refractivity (Wildman–Crippen MR) is 70.2 cm³/mol. The van der Waals surface area contributed by atoms with Gasteiger partial charge in [-0.2, -0.15) is 5.10 Å². The molecule has 0 amide bonds. The Balaban J connectivity index is 1.82. The lowest BCUT2D eigenvalue weighted by Crippen LogP contribution is -2.16. The summed E-state index contributed by atoms with van der Waals surface area (Å²) in [5, 5.41) is 7.67. The number of nitrogens with one attached hydrogen (secondary N) is 1. The van der Waals surface area contributed by atoms with E-state index in [1.165, 1.54) is 6.26 Å². The minimum absolute atomic E-state index is 0.701. The van der Waals surface area contributed by atoms with Crippen molar-refractivity contribution in [1.82, 2.24) is 19.9 Å². The number of hydrogen-bond donors (Lipinski definition) is 1. The van der Waals surface area contributed by atoms with E-state index in [2.05, 4.69) is 22.0 Å². The standard InChI is InChI=1S/C13H18N4O/c1-3-18-6-4-5-14-8-12-9-15-13-7-11(2)16-17(13)10-12/h3,7,9-10,14H,1,4-6,8H2,2H3. The maximum Gasteiger partial charge on any atom is 0.155 e. The van der Waals surface area contributed by atoms with Crippen molar-refractivity contribution in [2.45, 2.75) is 19.9 Å². The van der Waals surface area contributed by atoms with E-state index in [1.54, 1.807) is 0 Å². The molecule has 0 spiro atoms. The largest absolute Gasteiger partial charge is 0.502 e. The minimum Gasteiger partial charge on any atom is -0.502 e. The third kappa shape index (κ3) is 3.30. The fraction of sp³-hybridized carbons (Fsp3) is 0.385. The smallest absolute Gasteiger partial charge is 0.155 e. The van der Waals surface area contributed by atoms with Crippen molar-refractivity contribution in [2.24, 2.45) is 0 Å². The average molecular weight is 246 g/mol. The molecule has 1 N–H and O–H groups in total. The zero-order valence-electron chi connectivity index (χ0n) is 10.6. The van der Waals surface area contributed by atoms with Crippen LogP contribution in [0.5, 0.6) is 0 Å². The second-order valence-electron chi connectivity index (χ2n) is 4.12. The van der Waals surface area contributed by atoms with Gasteiger partial charge in [0.1, 0.15) is 0 Å². The highest BCUT2D eigenvalue weighted by Gasteiger charge is 2.00. The fourth-order valence-electron chi connectivity index (χ4n) is 1.72. The van der Waals surface area contributed by atoms with Crippen molar-refractivity contribution in [1.29, 1.82) is 0 Å². The van der Waals surface area contributed by atoms with E-state index < -0.39 is 0 Å². The Morgan fingerprint density at radius 2 is 2.44 bits per heavy atom. The third-order valence-corrected chi connectivity index (χ3v) is 2.55. The number of aromatic nitrogens is 3. The molecule has 0 fully saturated rings. The molecular formula is C13H18N4O. The Morgan fingerprint density at radius 1 is 1.56 bits per heavy atom. The Hall–Kier alpha value is -1.88. The molecule has 18 heavy (non-hydrogen) atoms. The summed E-state index contributed by atoms with van der Waals surface area (Å²) in [6, 6.07) is 1.96. The quantitative estimate of drug-likeness (QED) is 0.596. The molecule has 96 valence electrons. The molecule has 0 unspecified atom stereocenters. The second kappa shape index (κ2) is 6.16. The summed E-state index contributed by atoms with van der Waals surface area (Å²) in [5.74, 6) is 0. The second-order valence-corrected chi connectivity index (χ2v) is 4.12. The molecule has 2 rings (SSSR count). The summed E-state index contributed by atoms with van der Waals surface area (Å²) in [6.45, 7) is 7.86. The van der Waals surface area contributed by atoms with E-state index in [9.17, 15) is 0 Å². The van der Waals surface area contributed by atoms with Crippen LogP contribution < -0.4 is 5.32 Å². The molecule has 0 atom stereocenters. The normalized spacial score (nSPS) is 10.7. The van der Waals surface area contributed by atoms with Gasteiger partial charge in [-0.05, 0) is 19.9 Å². The fourth-order valence-corrected chi connectivity index (χ4v) is 1.72. The van der Waals surface area contributed by atoms with E-state index in [4.69, 9.17) is 4.74 Å². The molecular weight excluding hydrogens is 228 g/mol. The number of rotatable bonds is 7. The van der Waals surface area contributed by atoms with Crippen molar-refractivity contribution in [3.8, 4) is 0 Å². The third-order valence-electron chi connectivity index (χ3n) is 2.55. The molecule has 5 heteroatoms. The van der Waals surface area contributed by atoms with Gasteiger partial charge in [-0.1, -0.05) is 6.58 Å². The predicted octanol–water partition coefficient (Wildman–Crippen LogP) is 1.68. The van der Waals surface area contributed by atoms with Crippen LogP contribution in [0.15, 0.2) is 31.3 Å². The first-order valence-electron chi connectivity index (χ1n) is 6.04. The molecule has 5 nitrogen and oxygen atoms in total. The molecule has 2 aromatic rings. The monoisotopic (exact) mass is 246 g/mol. The lowest BCUT2D eigenvalue weighted by atomic mass is 10.3. The van der Waals surface area contributed by atoms with Gasteiger partial charge in [0.05, 0.1) is 18.6 Å². The van der Waals surface area contributed by atoms with Gasteiger partial charge in [0, 0.05) is 30.6 Å². The van der Waals surface area contributed by atoms with Crippen molar-refractivity contribution in [3.05, 3.63) is 42.6 Å². The molecule has 0 aliphatic rings. The van der Waals surface area contributed by atoms with Crippen LogP contribution in [0.4, 0.5) is 0 Å². The Kier molecular flexibility index (Phi) is 4.30. The number of ether oxygens (including phenoxy) is 1. The Labute approximate surface area is 106 Å². The molecule has 0 radical (unpaired) electrons. The van der Waals surface area contributed by atoms with Gasteiger partial charge in [-0.15, -0.1) is 0 Å². The van der Waals surface area contributed by atoms with E-state index in [1.807, 2.05) is 29.9 Å². The highest BCUT2D eigenvalue weighted by Crippen LogP contribution is 2.04. The SMILES string of the molecule is C=COCCCNCc1cnc2cc(C)nn2c1. The van der Waals surface area contributed by atoms with Crippen molar-refractivity contribution < 1.29 is 4.74 Å². The Bertz CT molecular complexity index is 521. The summed E-state index contributed by atoms with van der Waals surface area (Å²) >= 11 is 0. The maximum absolute atomic E-state index is 5.04. The van der Waals surface area contributed by atoms with Gasteiger partial charge >= 0.3 is 0 Å². The molecule has 2 aromatic heterocycles. The topological polar surface area (TPSA) is 51.5 Å². The van der Waals surface area contributed by atoms with Crippen LogP contribution in [-0.2, 0) is 11.3 Å². The highest BCUT2D eigenvalue weighted by molar-refractivity contribution is 5.38. The molecule has 0 bridgehead atoms. The first-order chi connectivity index (χ1) is 8.79. The molecule has 0 aliphatic carbocycles. The summed E-state index contributed by atoms with van der Waals surface area (Å²) in [5.41, 5.74) is 2.99. The van der Waals surface area contributed by atoms with Crippen LogP contribution in [-0.4, -0.2) is 27.7 Å². The highest BCUT2D eigenvalue weighted by atomic mass is 16.5. The van der Waals surface area contributed by atoms with Gasteiger partial charge in [-0.25, -0.2) is 9.50 Å². The molecule has 0 saturated carbocycles. The van der Waals surface area contributed by atoms with Gasteiger partial charge in [0.2, 0.25) is 0 Å². The number of fused-ring (bicyclic) bond motifs is 1. The van der Waals surface area contributed by atoms with E-state index in [0.29, 0.717) is 6.61 Å². The zero-order chi connectivity index (χ0) is 12.8. The lowest BCUT2D eigenvalue weighted by Gasteiger charge is -2.05. The van der Waals surface area contributed by atoms with Crippen LogP contribution in [0.3, 0.4) is 0 Å². The van der Waals surface area contributed by atoms with E-state index >= 15 is 0 Å². The van der Waals surface area contributed by atoms with Gasteiger partial charge in [0.25, 0.3) is 0 Å². The van der Waals surface area contributed by atoms with Crippen LogP contribution >= 0.6 is 0 Å². The first kappa shape index (κ1) is 12.6. The number of aryl methyl sites for hydroxylation is 1. The lowest BCUT2D eigenvalue weighted by molar-refractivity contribution is 0.244. The molecule has 2 heterocycles. The van der Waals surface area contributed by atoms with Gasteiger partial charge < -0.3 is 10.1 Å². The van der Waals surface area contributed by atoms with Crippen molar-refractivity contribution in [3.63, 3.8) is 0 Å². The Morgan fingerprint density at radius 3 is 3.28 bits per heavy atom. The minimum atomic E-state index is 0.701. The van der Waals surface area contributed by atoms with E-state index in [0.717, 1.165) is 36.4 Å². The first-order valence-corrected chi connectivity index (χ1v) is 6.04. The summed E-state index contributed by atoms with van der Waals surface area (Å²) in [6.07, 6.45) is 6.31. The van der Waals surface area contributed by atoms with E-state index in [-0.39, 0.29) is 0 Å². The number of hydrogen-bond acceptors (Lipinski definition) is 4.